The Balaban J connectivity index is 3.05. The average Bonchev–Trinajstić information content (AvgIpc) is 2.36. The SMILES string of the molecule is CCC(C)(O)CNS(=O)(=O)c1ccc(I)c(C(=O)O)c1. The zero-order valence-corrected chi connectivity index (χ0v) is 14.0. The highest BCUT2D eigenvalue weighted by Gasteiger charge is 2.23. The molecule has 8 heteroatoms. The highest BCUT2D eigenvalue weighted by molar-refractivity contribution is 14.1. The Morgan fingerprint density at radius 3 is 2.55 bits per heavy atom. The first-order valence-electron chi connectivity index (χ1n) is 5.84. The molecule has 112 valence electrons. The van der Waals surface area contributed by atoms with E-state index in [9.17, 15) is 18.3 Å². The number of sulfonamides is 1. The molecule has 0 aromatic heterocycles. The standard InChI is InChI=1S/C12H16INO5S/c1-3-12(2,17)7-14-20(18,19)8-4-5-10(13)9(6-8)11(15)16/h4-6,14,17H,3,7H2,1-2H3,(H,15,16). The minimum Gasteiger partial charge on any atom is -0.478 e. The average molecular weight is 413 g/mol. The first kappa shape index (κ1) is 17.3. The maximum Gasteiger partial charge on any atom is 0.336 e. The number of carboxylic acid groups (broad SMARTS) is 1. The fraction of sp³-hybridized carbons (Fsp3) is 0.417. The van der Waals surface area contributed by atoms with Gasteiger partial charge in [-0.3, -0.25) is 0 Å². The molecule has 0 saturated heterocycles. The van der Waals surface area contributed by atoms with Crippen molar-refractivity contribution in [3.05, 3.63) is 27.3 Å². The Morgan fingerprint density at radius 2 is 2.05 bits per heavy atom. The van der Waals surface area contributed by atoms with E-state index in [4.69, 9.17) is 5.11 Å². The van der Waals surface area contributed by atoms with Crippen molar-refractivity contribution in [1.82, 2.24) is 4.72 Å². The van der Waals surface area contributed by atoms with Crippen LogP contribution < -0.4 is 4.72 Å². The second-order valence-electron chi connectivity index (χ2n) is 4.62. The lowest BCUT2D eigenvalue weighted by Crippen LogP contribution is -2.40. The number of rotatable bonds is 6. The summed E-state index contributed by atoms with van der Waals surface area (Å²) >= 11 is 1.82. The molecule has 0 aliphatic rings. The molecule has 20 heavy (non-hydrogen) atoms. The van der Waals surface area contributed by atoms with E-state index in [2.05, 4.69) is 4.72 Å². The number of aliphatic hydroxyl groups is 1. The Morgan fingerprint density at radius 1 is 1.45 bits per heavy atom. The number of hydrogen-bond acceptors (Lipinski definition) is 4. The quantitative estimate of drug-likeness (QED) is 0.613. The minimum atomic E-state index is -3.85. The van der Waals surface area contributed by atoms with Gasteiger partial charge in [-0.25, -0.2) is 17.9 Å². The van der Waals surface area contributed by atoms with Gasteiger partial charge in [0.15, 0.2) is 0 Å². The van der Waals surface area contributed by atoms with E-state index in [-0.39, 0.29) is 17.0 Å². The Labute approximate surface area is 131 Å². The molecule has 0 fully saturated rings. The molecule has 1 unspecified atom stereocenters. The number of halogens is 1. The smallest absolute Gasteiger partial charge is 0.336 e. The summed E-state index contributed by atoms with van der Waals surface area (Å²) in [6.45, 7) is 3.12. The van der Waals surface area contributed by atoms with Crippen LogP contribution in [0.1, 0.15) is 30.6 Å². The maximum atomic E-state index is 12.1. The van der Waals surface area contributed by atoms with Crippen LogP contribution in [0.3, 0.4) is 0 Å². The van der Waals surface area contributed by atoms with Crippen molar-refractivity contribution >= 4 is 38.6 Å². The fourth-order valence-corrected chi connectivity index (χ4v) is 3.05. The maximum absolute atomic E-state index is 12.1. The monoisotopic (exact) mass is 413 g/mol. The largest absolute Gasteiger partial charge is 0.478 e. The first-order valence-corrected chi connectivity index (χ1v) is 8.40. The third-order valence-corrected chi connectivity index (χ3v) is 5.22. The molecule has 1 aromatic carbocycles. The number of carbonyl (C=O) groups is 1. The summed E-state index contributed by atoms with van der Waals surface area (Å²) in [6.07, 6.45) is 0.391. The molecule has 0 radical (unpaired) electrons. The molecule has 0 bridgehead atoms. The van der Waals surface area contributed by atoms with E-state index in [1.54, 1.807) is 6.92 Å². The molecular formula is C12H16INO5S. The number of benzene rings is 1. The first-order chi connectivity index (χ1) is 9.09. The number of aromatic carboxylic acids is 1. The van der Waals surface area contributed by atoms with Crippen LogP contribution in [0.2, 0.25) is 0 Å². The van der Waals surface area contributed by atoms with Crippen LogP contribution in [-0.2, 0) is 10.0 Å². The Bertz CT molecular complexity index is 612. The van der Waals surface area contributed by atoms with Crippen molar-refractivity contribution in [2.75, 3.05) is 6.54 Å². The van der Waals surface area contributed by atoms with Gasteiger partial charge in [-0.2, -0.15) is 0 Å². The van der Waals surface area contributed by atoms with E-state index in [1.807, 2.05) is 22.6 Å². The molecule has 6 nitrogen and oxygen atoms in total. The molecule has 0 spiro atoms. The van der Waals surface area contributed by atoms with Gasteiger partial charge in [0.2, 0.25) is 10.0 Å². The summed E-state index contributed by atoms with van der Waals surface area (Å²) in [5.41, 5.74) is -1.22. The highest BCUT2D eigenvalue weighted by Crippen LogP contribution is 2.18. The van der Waals surface area contributed by atoms with Gasteiger partial charge in [0.25, 0.3) is 0 Å². The summed E-state index contributed by atoms with van der Waals surface area (Å²) in [5.74, 6) is -1.19. The van der Waals surface area contributed by atoms with Gasteiger partial charge in [-0.15, -0.1) is 0 Å². The van der Waals surface area contributed by atoms with Crippen molar-refractivity contribution in [3.63, 3.8) is 0 Å². The van der Waals surface area contributed by atoms with E-state index < -0.39 is 21.6 Å². The van der Waals surface area contributed by atoms with Crippen LogP contribution in [0, 0.1) is 3.57 Å². The van der Waals surface area contributed by atoms with Crippen LogP contribution in [0.5, 0.6) is 0 Å². The summed E-state index contributed by atoms with van der Waals surface area (Å²) in [5, 5.41) is 18.8. The predicted octanol–water partition coefficient (Wildman–Crippen LogP) is 1.43. The van der Waals surface area contributed by atoms with Gasteiger partial charge < -0.3 is 10.2 Å². The molecule has 0 aliphatic carbocycles. The number of nitrogens with one attached hydrogen (secondary N) is 1. The van der Waals surface area contributed by atoms with Crippen molar-refractivity contribution < 1.29 is 23.4 Å². The van der Waals surface area contributed by atoms with Crippen LogP contribution in [-0.4, -0.2) is 36.7 Å². The molecule has 1 aromatic rings. The van der Waals surface area contributed by atoms with Crippen LogP contribution in [0.15, 0.2) is 23.1 Å². The second-order valence-corrected chi connectivity index (χ2v) is 7.55. The summed E-state index contributed by atoms with van der Waals surface area (Å²) < 4.78 is 26.9. The van der Waals surface area contributed by atoms with Gasteiger partial charge in [0, 0.05) is 10.1 Å². The topological polar surface area (TPSA) is 104 Å². The summed E-state index contributed by atoms with van der Waals surface area (Å²) in [7, 11) is -3.85. The molecule has 1 rings (SSSR count). The molecule has 0 amide bonds. The van der Waals surface area contributed by atoms with Crippen molar-refractivity contribution in [3.8, 4) is 0 Å². The minimum absolute atomic E-state index is 0.0734. The highest BCUT2D eigenvalue weighted by atomic mass is 127. The number of hydrogen-bond donors (Lipinski definition) is 3. The lowest BCUT2D eigenvalue weighted by Gasteiger charge is -2.21. The zero-order chi connectivity index (χ0) is 15.6. The zero-order valence-electron chi connectivity index (χ0n) is 11.1. The van der Waals surface area contributed by atoms with Crippen LogP contribution in [0.25, 0.3) is 0 Å². The fourth-order valence-electron chi connectivity index (χ4n) is 1.29. The number of carboxylic acids is 1. The van der Waals surface area contributed by atoms with Crippen molar-refractivity contribution in [2.45, 2.75) is 30.8 Å². The van der Waals surface area contributed by atoms with Crippen molar-refractivity contribution in [1.29, 1.82) is 0 Å². The van der Waals surface area contributed by atoms with E-state index in [0.717, 1.165) is 6.07 Å². The van der Waals surface area contributed by atoms with Crippen LogP contribution in [0.4, 0.5) is 0 Å². The van der Waals surface area contributed by atoms with Crippen molar-refractivity contribution in [2.24, 2.45) is 0 Å². The summed E-state index contributed by atoms with van der Waals surface area (Å²) in [6, 6.07) is 3.86. The van der Waals surface area contributed by atoms with E-state index in [0.29, 0.717) is 9.99 Å². The third kappa shape index (κ3) is 4.40. The molecule has 0 saturated carbocycles. The molecule has 0 aliphatic heterocycles. The van der Waals surface area contributed by atoms with E-state index in [1.165, 1.54) is 19.1 Å². The summed E-state index contributed by atoms with van der Waals surface area (Å²) in [4.78, 5) is 10.9. The lowest BCUT2D eigenvalue weighted by molar-refractivity contribution is 0.0613. The molecule has 1 atom stereocenters. The van der Waals surface area contributed by atoms with E-state index >= 15 is 0 Å². The van der Waals surface area contributed by atoms with Gasteiger partial charge in [-0.1, -0.05) is 6.92 Å². The Kier molecular flexibility index (Phi) is 5.53. The molecule has 0 heterocycles. The Hall–Kier alpha value is -0.710. The predicted molar refractivity (Wildman–Crippen MR) is 82.2 cm³/mol. The van der Waals surface area contributed by atoms with Gasteiger partial charge in [0.1, 0.15) is 0 Å². The molecular weight excluding hydrogens is 397 g/mol. The van der Waals surface area contributed by atoms with Gasteiger partial charge in [0.05, 0.1) is 16.1 Å². The second kappa shape index (κ2) is 6.37. The van der Waals surface area contributed by atoms with Gasteiger partial charge >= 0.3 is 5.97 Å². The molecule has 3 N–H and O–H groups in total. The third-order valence-electron chi connectivity index (χ3n) is 2.88. The van der Waals surface area contributed by atoms with Crippen LogP contribution >= 0.6 is 22.6 Å². The normalized spacial score (nSPS) is 14.8. The van der Waals surface area contributed by atoms with Gasteiger partial charge in [-0.05, 0) is 54.1 Å². The lowest BCUT2D eigenvalue weighted by atomic mass is 10.1.